The largest absolute Gasteiger partial charge is 0.462 e. The lowest BCUT2D eigenvalue weighted by Gasteiger charge is -2.18. The van der Waals surface area contributed by atoms with Crippen LogP contribution in [0, 0.1) is 0 Å². The van der Waals surface area contributed by atoms with Crippen molar-refractivity contribution in [1.82, 2.24) is 0 Å². The Morgan fingerprint density at radius 2 is 0.522 bits per heavy atom. The van der Waals surface area contributed by atoms with E-state index < -0.39 is 6.10 Å². The SMILES string of the molecule is CCCCCC/C=C\C/C=C\CCCCCCCCCC(=O)OC(COC(=O)CCCCCCCC)COC(=O)CCCCCCCCCCCCCCCCCCCCCCCCCCCCC. The minimum Gasteiger partial charge on any atom is -0.462 e. The predicted molar refractivity (Wildman–Crippen MR) is 298 cm³/mol. The predicted octanol–water partition coefficient (Wildman–Crippen LogP) is 20.7. The Bertz CT molecular complexity index is 1110. The lowest BCUT2D eigenvalue weighted by atomic mass is 10.0. The molecule has 0 amide bonds. The van der Waals surface area contributed by atoms with Crippen molar-refractivity contribution in [3.8, 4) is 0 Å². The van der Waals surface area contributed by atoms with E-state index in [1.807, 2.05) is 0 Å². The van der Waals surface area contributed by atoms with Gasteiger partial charge in [-0.15, -0.1) is 0 Å². The molecule has 0 aromatic heterocycles. The number of allylic oxidation sites excluding steroid dienone is 4. The number of ether oxygens (including phenoxy) is 3. The highest BCUT2D eigenvalue weighted by Gasteiger charge is 2.19. The fraction of sp³-hybridized carbons (Fsp3) is 0.889. The van der Waals surface area contributed by atoms with Crippen LogP contribution in [0.1, 0.15) is 342 Å². The third kappa shape index (κ3) is 56.7. The summed E-state index contributed by atoms with van der Waals surface area (Å²) in [6, 6.07) is 0. The first-order valence-electron chi connectivity index (χ1n) is 30.8. The molecule has 0 heterocycles. The van der Waals surface area contributed by atoms with Gasteiger partial charge in [-0.05, 0) is 51.4 Å². The zero-order valence-corrected chi connectivity index (χ0v) is 46.6. The normalized spacial score (nSPS) is 12.1. The second-order valence-electron chi connectivity index (χ2n) is 21.0. The molecule has 0 N–H and O–H groups in total. The molecule has 6 nitrogen and oxygen atoms in total. The molecule has 0 aliphatic carbocycles. The Kier molecular flexibility index (Phi) is 56.7. The fourth-order valence-corrected chi connectivity index (χ4v) is 9.30. The van der Waals surface area contributed by atoms with Crippen molar-refractivity contribution in [3.63, 3.8) is 0 Å². The molecule has 0 fully saturated rings. The summed E-state index contributed by atoms with van der Waals surface area (Å²) in [7, 11) is 0. The Labute approximate surface area is 430 Å². The van der Waals surface area contributed by atoms with E-state index in [4.69, 9.17) is 14.2 Å². The Hall–Kier alpha value is -2.11. The van der Waals surface area contributed by atoms with Crippen molar-refractivity contribution >= 4 is 17.9 Å². The van der Waals surface area contributed by atoms with Crippen LogP contribution in [0.2, 0.25) is 0 Å². The summed E-state index contributed by atoms with van der Waals surface area (Å²) in [5.74, 6) is -0.868. The van der Waals surface area contributed by atoms with Gasteiger partial charge in [-0.25, -0.2) is 0 Å². The molecule has 0 aliphatic rings. The topological polar surface area (TPSA) is 78.9 Å². The van der Waals surface area contributed by atoms with Crippen molar-refractivity contribution in [2.75, 3.05) is 13.2 Å². The number of rotatable bonds is 57. The van der Waals surface area contributed by atoms with Crippen LogP contribution in [-0.4, -0.2) is 37.2 Å². The van der Waals surface area contributed by atoms with Crippen LogP contribution < -0.4 is 0 Å². The lowest BCUT2D eigenvalue weighted by molar-refractivity contribution is -0.167. The summed E-state index contributed by atoms with van der Waals surface area (Å²) in [5, 5.41) is 0. The van der Waals surface area contributed by atoms with Gasteiger partial charge in [0.25, 0.3) is 0 Å². The summed E-state index contributed by atoms with van der Waals surface area (Å²) in [6.07, 6.45) is 69.4. The average molecular weight is 972 g/mol. The standard InChI is InChI=1S/C63H118O6/c1-4-7-10-13-16-18-20-22-24-26-28-29-30-31-32-33-34-35-36-38-39-41-43-45-47-50-53-56-62(65)68-59-60(58-67-61(64)55-52-49-15-12-9-6-3)69-63(66)57-54-51-48-46-44-42-40-37-27-25-23-21-19-17-14-11-8-5-2/h19,21,25,27,60H,4-18,20,22-24,26,28-59H2,1-3H3/b21-19-,27-25-. The van der Waals surface area contributed by atoms with E-state index in [0.717, 1.165) is 70.6 Å². The quantitative estimate of drug-likeness (QED) is 0.0261. The third-order valence-electron chi connectivity index (χ3n) is 14.0. The van der Waals surface area contributed by atoms with Gasteiger partial charge in [0.1, 0.15) is 13.2 Å². The maximum Gasteiger partial charge on any atom is 0.306 e. The van der Waals surface area contributed by atoms with Crippen LogP contribution >= 0.6 is 0 Å². The summed E-state index contributed by atoms with van der Waals surface area (Å²) >= 11 is 0. The molecule has 1 atom stereocenters. The molecule has 69 heavy (non-hydrogen) atoms. The van der Waals surface area contributed by atoms with E-state index in [9.17, 15) is 14.4 Å². The van der Waals surface area contributed by atoms with Crippen molar-refractivity contribution < 1.29 is 28.6 Å². The van der Waals surface area contributed by atoms with Gasteiger partial charge in [0.05, 0.1) is 0 Å². The van der Waals surface area contributed by atoms with Crippen LogP contribution in [0.15, 0.2) is 24.3 Å². The average Bonchev–Trinajstić information content (AvgIpc) is 3.35. The summed E-state index contributed by atoms with van der Waals surface area (Å²) in [5.41, 5.74) is 0. The lowest BCUT2D eigenvalue weighted by Crippen LogP contribution is -2.30. The maximum absolute atomic E-state index is 12.8. The number of esters is 3. The molecule has 1 unspecified atom stereocenters. The van der Waals surface area contributed by atoms with Crippen molar-refractivity contribution in [2.45, 2.75) is 348 Å². The second kappa shape index (κ2) is 58.5. The minimum atomic E-state index is -0.769. The molecule has 0 rings (SSSR count). The van der Waals surface area contributed by atoms with Gasteiger partial charge in [-0.3, -0.25) is 14.4 Å². The van der Waals surface area contributed by atoms with Crippen LogP contribution in [-0.2, 0) is 28.6 Å². The first kappa shape index (κ1) is 66.9. The van der Waals surface area contributed by atoms with Gasteiger partial charge < -0.3 is 14.2 Å². The van der Waals surface area contributed by atoms with Gasteiger partial charge in [0, 0.05) is 19.3 Å². The first-order valence-corrected chi connectivity index (χ1v) is 30.8. The molecule has 0 radical (unpaired) electrons. The number of hydrogen-bond acceptors (Lipinski definition) is 6. The van der Waals surface area contributed by atoms with Crippen LogP contribution in [0.5, 0.6) is 0 Å². The Morgan fingerprint density at radius 1 is 0.290 bits per heavy atom. The smallest absolute Gasteiger partial charge is 0.306 e. The highest BCUT2D eigenvalue weighted by atomic mass is 16.6. The molecule has 406 valence electrons. The highest BCUT2D eigenvalue weighted by Crippen LogP contribution is 2.18. The molecule has 6 heteroatoms. The molecule has 0 aliphatic heterocycles. The molecule has 0 saturated carbocycles. The van der Waals surface area contributed by atoms with E-state index in [1.165, 1.54) is 231 Å². The molecule has 0 aromatic rings. The van der Waals surface area contributed by atoms with E-state index in [1.54, 1.807) is 0 Å². The van der Waals surface area contributed by atoms with E-state index in [0.29, 0.717) is 19.3 Å². The van der Waals surface area contributed by atoms with Crippen LogP contribution in [0.3, 0.4) is 0 Å². The van der Waals surface area contributed by atoms with E-state index in [2.05, 4.69) is 45.1 Å². The van der Waals surface area contributed by atoms with Crippen molar-refractivity contribution in [2.24, 2.45) is 0 Å². The van der Waals surface area contributed by atoms with Crippen molar-refractivity contribution in [3.05, 3.63) is 24.3 Å². The zero-order chi connectivity index (χ0) is 50.0. The molecule has 0 bridgehead atoms. The Balaban J connectivity index is 4.02. The third-order valence-corrected chi connectivity index (χ3v) is 14.0. The molecular weight excluding hydrogens is 853 g/mol. The molecular formula is C63H118O6. The summed E-state index contributed by atoms with van der Waals surface area (Å²) < 4.78 is 16.8. The highest BCUT2D eigenvalue weighted by molar-refractivity contribution is 5.71. The monoisotopic (exact) mass is 971 g/mol. The number of hydrogen-bond donors (Lipinski definition) is 0. The number of carbonyl (C=O) groups is 3. The summed E-state index contributed by atoms with van der Waals surface area (Å²) in [4.78, 5) is 37.9. The van der Waals surface area contributed by atoms with Gasteiger partial charge in [-0.1, -0.05) is 295 Å². The van der Waals surface area contributed by atoms with Crippen LogP contribution in [0.25, 0.3) is 0 Å². The summed E-state index contributed by atoms with van der Waals surface area (Å²) in [6.45, 7) is 6.61. The Morgan fingerprint density at radius 3 is 0.812 bits per heavy atom. The first-order chi connectivity index (χ1) is 34.0. The zero-order valence-electron chi connectivity index (χ0n) is 46.6. The second-order valence-corrected chi connectivity index (χ2v) is 21.0. The fourth-order valence-electron chi connectivity index (χ4n) is 9.30. The minimum absolute atomic E-state index is 0.0700. The van der Waals surface area contributed by atoms with Crippen molar-refractivity contribution in [1.29, 1.82) is 0 Å². The van der Waals surface area contributed by atoms with Gasteiger partial charge in [0.2, 0.25) is 0 Å². The van der Waals surface area contributed by atoms with Gasteiger partial charge in [0.15, 0.2) is 6.10 Å². The van der Waals surface area contributed by atoms with E-state index >= 15 is 0 Å². The van der Waals surface area contributed by atoms with Gasteiger partial charge in [-0.2, -0.15) is 0 Å². The van der Waals surface area contributed by atoms with Crippen LogP contribution in [0.4, 0.5) is 0 Å². The maximum atomic E-state index is 12.8. The molecule has 0 spiro atoms. The van der Waals surface area contributed by atoms with Gasteiger partial charge >= 0.3 is 17.9 Å². The molecule has 0 aromatic carbocycles. The number of unbranched alkanes of at least 4 members (excludes halogenated alkanes) is 42. The molecule has 0 saturated heterocycles. The van der Waals surface area contributed by atoms with E-state index in [-0.39, 0.29) is 31.1 Å². The number of carbonyl (C=O) groups excluding carboxylic acids is 3.